The molecule has 0 aliphatic rings. The second-order valence-corrected chi connectivity index (χ2v) is 2.70. The van der Waals surface area contributed by atoms with E-state index >= 15 is 0 Å². The third kappa shape index (κ3) is 1.17. The quantitative estimate of drug-likeness (QED) is 0.637. The second kappa shape index (κ2) is 2.80. The molecule has 1 aromatic rings. The highest BCUT2D eigenvalue weighted by molar-refractivity contribution is 9.10. The lowest BCUT2D eigenvalue weighted by molar-refractivity contribution is 1.21. The predicted molar refractivity (Wildman–Crippen MR) is 41.4 cm³/mol. The Balaban J connectivity index is 3.31. The summed E-state index contributed by atoms with van der Waals surface area (Å²) in [4.78, 5) is 3.85. The highest BCUT2D eigenvalue weighted by Gasteiger charge is 2.00. The average molecular weight is 197 g/mol. The maximum absolute atomic E-state index is 8.50. The van der Waals surface area contributed by atoms with Crippen LogP contribution in [-0.2, 0) is 0 Å². The minimum Gasteiger partial charge on any atom is -0.244 e. The van der Waals surface area contributed by atoms with Crippen LogP contribution in [-0.4, -0.2) is 4.98 Å². The summed E-state index contributed by atoms with van der Waals surface area (Å²) in [5, 5.41) is 8.50. The van der Waals surface area contributed by atoms with Gasteiger partial charge in [-0.3, -0.25) is 0 Å². The Labute approximate surface area is 67.6 Å². The predicted octanol–water partition coefficient (Wildman–Crippen LogP) is 2.02. The number of nitriles is 1. The van der Waals surface area contributed by atoms with Gasteiger partial charge in [0.2, 0.25) is 0 Å². The Morgan fingerprint density at radius 2 is 2.40 bits per heavy atom. The molecule has 0 radical (unpaired) electrons. The molecule has 0 atom stereocenters. The minimum absolute atomic E-state index is 0.444. The summed E-state index contributed by atoms with van der Waals surface area (Å²) in [6.45, 7) is 1.92. The smallest absolute Gasteiger partial charge is 0.154 e. The fourth-order valence-electron chi connectivity index (χ4n) is 0.618. The molecule has 0 fully saturated rings. The van der Waals surface area contributed by atoms with Crippen molar-refractivity contribution in [2.45, 2.75) is 6.92 Å². The second-order valence-electron chi connectivity index (χ2n) is 1.90. The van der Waals surface area contributed by atoms with Gasteiger partial charge in [-0.2, -0.15) is 5.26 Å². The number of rotatable bonds is 0. The van der Waals surface area contributed by atoms with Crippen molar-refractivity contribution in [3.63, 3.8) is 0 Å². The van der Waals surface area contributed by atoms with E-state index < -0.39 is 0 Å². The molecule has 1 rings (SSSR count). The van der Waals surface area contributed by atoms with Gasteiger partial charge in [0.25, 0.3) is 0 Å². The Hall–Kier alpha value is -0.880. The molecule has 0 bridgehead atoms. The van der Waals surface area contributed by atoms with Gasteiger partial charge in [-0.1, -0.05) is 0 Å². The summed E-state index contributed by atoms with van der Waals surface area (Å²) < 4.78 is 0.789. The van der Waals surface area contributed by atoms with Crippen molar-refractivity contribution in [1.82, 2.24) is 4.98 Å². The molecule has 0 spiro atoms. The largest absolute Gasteiger partial charge is 0.244 e. The van der Waals surface area contributed by atoms with Crippen LogP contribution in [0.25, 0.3) is 0 Å². The fraction of sp³-hybridized carbons (Fsp3) is 0.143. The van der Waals surface area contributed by atoms with Gasteiger partial charge >= 0.3 is 0 Å². The van der Waals surface area contributed by atoms with E-state index in [9.17, 15) is 0 Å². The molecule has 10 heavy (non-hydrogen) atoms. The van der Waals surface area contributed by atoms with E-state index in [1.165, 1.54) is 0 Å². The van der Waals surface area contributed by atoms with Gasteiger partial charge in [0.15, 0.2) is 5.69 Å². The summed E-state index contributed by atoms with van der Waals surface area (Å²) in [6, 6.07) is 3.83. The van der Waals surface area contributed by atoms with Crippen molar-refractivity contribution >= 4 is 15.9 Å². The molecular weight excluding hydrogens is 192 g/mol. The molecule has 1 aromatic heterocycles. The van der Waals surface area contributed by atoms with Crippen molar-refractivity contribution in [2.75, 3.05) is 0 Å². The van der Waals surface area contributed by atoms with Crippen LogP contribution >= 0.6 is 15.9 Å². The average Bonchev–Trinajstić information content (AvgIpc) is 1.95. The van der Waals surface area contributed by atoms with Crippen LogP contribution in [0.3, 0.4) is 0 Å². The molecule has 0 aliphatic heterocycles. The number of halogens is 1. The molecular formula is C7H5BrN2. The normalized spacial score (nSPS) is 8.90. The van der Waals surface area contributed by atoms with Gasteiger partial charge in [-0.15, -0.1) is 0 Å². The molecule has 2 nitrogen and oxygen atoms in total. The third-order valence-corrected chi connectivity index (χ3v) is 2.19. The summed E-state index contributed by atoms with van der Waals surface area (Å²) >= 11 is 3.26. The molecule has 0 aromatic carbocycles. The van der Waals surface area contributed by atoms with Crippen LogP contribution in [0.15, 0.2) is 16.7 Å². The third-order valence-electron chi connectivity index (χ3n) is 1.19. The van der Waals surface area contributed by atoms with Crippen LogP contribution in [0.1, 0.15) is 11.3 Å². The molecule has 1 heterocycles. The standard InChI is InChI=1S/C7H5BrN2/c1-5-2-3-10-6(4-9)7(5)8/h2-3H,1H3. The SMILES string of the molecule is Cc1ccnc(C#N)c1Br. The van der Waals surface area contributed by atoms with Crippen molar-refractivity contribution in [1.29, 1.82) is 5.26 Å². The first-order chi connectivity index (χ1) is 4.75. The van der Waals surface area contributed by atoms with Crippen LogP contribution in [0.4, 0.5) is 0 Å². The number of hydrogen-bond donors (Lipinski definition) is 0. The van der Waals surface area contributed by atoms with E-state index in [2.05, 4.69) is 20.9 Å². The lowest BCUT2D eigenvalue weighted by Crippen LogP contribution is -1.85. The van der Waals surface area contributed by atoms with E-state index in [-0.39, 0.29) is 0 Å². The zero-order chi connectivity index (χ0) is 7.56. The summed E-state index contributed by atoms with van der Waals surface area (Å²) in [7, 11) is 0. The number of nitrogens with zero attached hydrogens (tertiary/aromatic N) is 2. The van der Waals surface area contributed by atoms with E-state index in [0.29, 0.717) is 5.69 Å². The Morgan fingerprint density at radius 1 is 1.70 bits per heavy atom. The van der Waals surface area contributed by atoms with Gasteiger partial charge in [-0.05, 0) is 34.5 Å². The zero-order valence-electron chi connectivity index (χ0n) is 5.43. The molecule has 0 N–H and O–H groups in total. The maximum Gasteiger partial charge on any atom is 0.154 e. The Morgan fingerprint density at radius 3 is 2.90 bits per heavy atom. The van der Waals surface area contributed by atoms with Gasteiger partial charge in [0.05, 0.1) is 4.47 Å². The summed E-state index contributed by atoms with van der Waals surface area (Å²) in [6.07, 6.45) is 1.62. The monoisotopic (exact) mass is 196 g/mol. The Bertz CT molecular complexity index is 288. The molecule has 50 valence electrons. The topological polar surface area (TPSA) is 36.7 Å². The first kappa shape index (κ1) is 7.23. The summed E-state index contributed by atoms with van der Waals surface area (Å²) in [5.74, 6) is 0. The zero-order valence-corrected chi connectivity index (χ0v) is 7.01. The maximum atomic E-state index is 8.50. The van der Waals surface area contributed by atoms with E-state index in [1.54, 1.807) is 6.20 Å². The van der Waals surface area contributed by atoms with Crippen molar-refractivity contribution in [3.05, 3.63) is 28.0 Å². The fourth-order valence-corrected chi connectivity index (χ4v) is 0.941. The van der Waals surface area contributed by atoms with Crippen LogP contribution in [0.5, 0.6) is 0 Å². The number of pyridine rings is 1. The Kier molecular flexibility index (Phi) is 2.03. The lowest BCUT2D eigenvalue weighted by Gasteiger charge is -1.95. The molecule has 0 aliphatic carbocycles. The van der Waals surface area contributed by atoms with Gasteiger partial charge in [0.1, 0.15) is 6.07 Å². The van der Waals surface area contributed by atoms with E-state index in [1.807, 2.05) is 19.1 Å². The summed E-state index contributed by atoms with van der Waals surface area (Å²) in [5.41, 5.74) is 1.48. The van der Waals surface area contributed by atoms with Crippen molar-refractivity contribution in [2.24, 2.45) is 0 Å². The van der Waals surface area contributed by atoms with Crippen LogP contribution in [0.2, 0.25) is 0 Å². The van der Waals surface area contributed by atoms with Gasteiger partial charge in [0, 0.05) is 6.20 Å². The first-order valence-electron chi connectivity index (χ1n) is 2.77. The first-order valence-corrected chi connectivity index (χ1v) is 3.56. The molecule has 0 unspecified atom stereocenters. The van der Waals surface area contributed by atoms with E-state index in [0.717, 1.165) is 10.0 Å². The molecule has 3 heteroatoms. The molecule has 0 amide bonds. The molecule has 0 saturated carbocycles. The van der Waals surface area contributed by atoms with Crippen molar-refractivity contribution in [3.8, 4) is 6.07 Å². The van der Waals surface area contributed by atoms with Crippen molar-refractivity contribution < 1.29 is 0 Å². The number of aromatic nitrogens is 1. The minimum atomic E-state index is 0.444. The lowest BCUT2D eigenvalue weighted by atomic mass is 10.2. The van der Waals surface area contributed by atoms with Crippen LogP contribution < -0.4 is 0 Å². The number of hydrogen-bond acceptors (Lipinski definition) is 2. The highest BCUT2D eigenvalue weighted by atomic mass is 79.9. The van der Waals surface area contributed by atoms with E-state index in [4.69, 9.17) is 5.26 Å². The van der Waals surface area contributed by atoms with Crippen LogP contribution in [0, 0.1) is 18.3 Å². The number of aryl methyl sites for hydroxylation is 1. The highest BCUT2D eigenvalue weighted by Crippen LogP contribution is 2.17. The molecule has 0 saturated heterocycles. The van der Waals surface area contributed by atoms with Gasteiger partial charge < -0.3 is 0 Å². The van der Waals surface area contributed by atoms with Gasteiger partial charge in [-0.25, -0.2) is 4.98 Å².